The number of hydrogen-bond donors (Lipinski definition) is 1. The van der Waals surface area contributed by atoms with Gasteiger partial charge in [-0.25, -0.2) is 0 Å². The molecular formula is C13H16O3. The van der Waals surface area contributed by atoms with Crippen molar-refractivity contribution in [3.63, 3.8) is 0 Å². The van der Waals surface area contributed by atoms with Crippen LogP contribution in [-0.2, 0) is 4.79 Å². The quantitative estimate of drug-likeness (QED) is 0.848. The van der Waals surface area contributed by atoms with Gasteiger partial charge < -0.3 is 9.84 Å². The molecule has 0 spiro atoms. The molecule has 1 unspecified atom stereocenters. The number of methoxy groups -OCH3 is 1. The number of hydrogen-bond acceptors (Lipinski definition) is 2. The Morgan fingerprint density at radius 1 is 1.50 bits per heavy atom. The monoisotopic (exact) mass is 220 g/mol. The lowest BCUT2D eigenvalue weighted by Crippen LogP contribution is -2.16. The first-order chi connectivity index (χ1) is 7.65. The van der Waals surface area contributed by atoms with Crippen LogP contribution in [0.3, 0.4) is 0 Å². The summed E-state index contributed by atoms with van der Waals surface area (Å²) >= 11 is 0. The summed E-state index contributed by atoms with van der Waals surface area (Å²) in [4.78, 5) is 11.3. The van der Waals surface area contributed by atoms with Gasteiger partial charge in [-0.05, 0) is 37.3 Å². The van der Waals surface area contributed by atoms with Crippen LogP contribution in [0, 0.1) is 12.8 Å². The van der Waals surface area contributed by atoms with Crippen LogP contribution in [-0.4, -0.2) is 18.2 Å². The molecule has 86 valence electrons. The molecule has 1 aliphatic rings. The smallest absolute Gasteiger partial charge is 0.311 e. The van der Waals surface area contributed by atoms with Crippen molar-refractivity contribution in [1.82, 2.24) is 0 Å². The van der Waals surface area contributed by atoms with Crippen LogP contribution in [0.1, 0.15) is 29.9 Å². The van der Waals surface area contributed by atoms with Gasteiger partial charge in [0.15, 0.2) is 0 Å². The summed E-state index contributed by atoms with van der Waals surface area (Å²) in [7, 11) is 1.59. The highest BCUT2D eigenvalue weighted by Gasteiger charge is 2.39. The lowest BCUT2D eigenvalue weighted by molar-refractivity contribution is -0.139. The van der Waals surface area contributed by atoms with E-state index >= 15 is 0 Å². The number of rotatable bonds is 4. The Labute approximate surface area is 95.0 Å². The van der Waals surface area contributed by atoms with Crippen molar-refractivity contribution in [1.29, 1.82) is 0 Å². The van der Waals surface area contributed by atoms with E-state index in [0.29, 0.717) is 5.75 Å². The highest BCUT2D eigenvalue weighted by molar-refractivity contribution is 5.78. The van der Waals surface area contributed by atoms with Crippen LogP contribution >= 0.6 is 0 Å². The first kappa shape index (κ1) is 11.0. The maximum absolute atomic E-state index is 11.3. The molecule has 2 rings (SSSR count). The fourth-order valence-corrected chi connectivity index (χ4v) is 2.22. The van der Waals surface area contributed by atoms with Crippen molar-refractivity contribution in [3.8, 4) is 5.75 Å². The topological polar surface area (TPSA) is 46.5 Å². The molecule has 1 N–H and O–H groups in total. The number of carboxylic acids is 1. The van der Waals surface area contributed by atoms with E-state index in [0.717, 1.165) is 24.0 Å². The second kappa shape index (κ2) is 4.16. The Hall–Kier alpha value is -1.51. The normalized spacial score (nSPS) is 16.9. The molecule has 0 saturated heterocycles. The summed E-state index contributed by atoms with van der Waals surface area (Å²) in [6.07, 6.45) is 2.02. The third-order valence-electron chi connectivity index (χ3n) is 3.17. The van der Waals surface area contributed by atoms with Gasteiger partial charge in [-0.2, -0.15) is 0 Å². The summed E-state index contributed by atoms with van der Waals surface area (Å²) in [5, 5.41) is 9.33. The fourth-order valence-electron chi connectivity index (χ4n) is 2.22. The summed E-state index contributed by atoms with van der Waals surface area (Å²) < 4.78 is 5.27. The number of carbonyl (C=O) groups is 1. The molecule has 0 bridgehead atoms. The third-order valence-corrected chi connectivity index (χ3v) is 3.17. The second-order valence-electron chi connectivity index (χ2n) is 4.34. The lowest BCUT2D eigenvalue weighted by atomic mass is 9.90. The van der Waals surface area contributed by atoms with E-state index in [1.54, 1.807) is 7.11 Å². The Balaban J connectivity index is 2.46. The molecule has 1 atom stereocenters. The molecule has 0 aliphatic heterocycles. The highest BCUT2D eigenvalue weighted by atomic mass is 16.5. The molecule has 3 heteroatoms. The van der Waals surface area contributed by atoms with Crippen molar-refractivity contribution >= 4 is 5.97 Å². The zero-order valence-electron chi connectivity index (χ0n) is 9.56. The average Bonchev–Trinajstić information content (AvgIpc) is 3.04. The van der Waals surface area contributed by atoms with E-state index < -0.39 is 11.9 Å². The van der Waals surface area contributed by atoms with Crippen LogP contribution in [0.15, 0.2) is 18.2 Å². The average molecular weight is 220 g/mol. The number of aryl methyl sites for hydroxylation is 1. The van der Waals surface area contributed by atoms with Crippen molar-refractivity contribution in [2.24, 2.45) is 5.92 Å². The van der Waals surface area contributed by atoms with Gasteiger partial charge in [-0.15, -0.1) is 0 Å². The van der Waals surface area contributed by atoms with Crippen LogP contribution in [0.2, 0.25) is 0 Å². The molecule has 0 heterocycles. The molecule has 1 aromatic carbocycles. The van der Waals surface area contributed by atoms with Gasteiger partial charge in [0.05, 0.1) is 13.0 Å². The van der Waals surface area contributed by atoms with Crippen molar-refractivity contribution in [2.75, 3.05) is 7.11 Å². The van der Waals surface area contributed by atoms with E-state index in [-0.39, 0.29) is 5.92 Å². The SMILES string of the molecule is COc1cccc(C)c1C(C(=O)O)C1CC1. The maximum Gasteiger partial charge on any atom is 0.311 e. The summed E-state index contributed by atoms with van der Waals surface area (Å²) in [5.41, 5.74) is 1.85. The number of ether oxygens (including phenoxy) is 1. The molecular weight excluding hydrogens is 204 g/mol. The van der Waals surface area contributed by atoms with E-state index in [1.807, 2.05) is 25.1 Å². The molecule has 0 aromatic heterocycles. The number of aliphatic carboxylic acids is 1. The van der Waals surface area contributed by atoms with Gasteiger partial charge in [-0.1, -0.05) is 12.1 Å². The molecule has 1 fully saturated rings. The largest absolute Gasteiger partial charge is 0.496 e. The standard InChI is InChI=1S/C13H16O3/c1-8-4-3-5-10(16-2)11(8)12(13(14)15)9-6-7-9/h3-5,9,12H,6-7H2,1-2H3,(H,14,15). The van der Waals surface area contributed by atoms with Crippen molar-refractivity contribution < 1.29 is 14.6 Å². The highest BCUT2D eigenvalue weighted by Crippen LogP contribution is 2.46. The van der Waals surface area contributed by atoms with Gasteiger partial charge in [0, 0.05) is 5.56 Å². The van der Waals surface area contributed by atoms with Gasteiger partial charge in [-0.3, -0.25) is 4.79 Å². The minimum absolute atomic E-state index is 0.285. The Kier molecular flexibility index (Phi) is 2.86. The Morgan fingerprint density at radius 3 is 2.69 bits per heavy atom. The number of carboxylic acid groups (broad SMARTS) is 1. The summed E-state index contributed by atoms with van der Waals surface area (Å²) in [5.74, 6) is -0.168. The van der Waals surface area contributed by atoms with Gasteiger partial charge >= 0.3 is 5.97 Å². The Morgan fingerprint density at radius 2 is 2.19 bits per heavy atom. The van der Waals surface area contributed by atoms with E-state index in [4.69, 9.17) is 4.74 Å². The molecule has 1 saturated carbocycles. The molecule has 1 aromatic rings. The van der Waals surface area contributed by atoms with Gasteiger partial charge in [0.25, 0.3) is 0 Å². The van der Waals surface area contributed by atoms with E-state index in [1.165, 1.54) is 0 Å². The molecule has 0 amide bonds. The van der Waals surface area contributed by atoms with Crippen LogP contribution in [0.25, 0.3) is 0 Å². The number of benzene rings is 1. The predicted octanol–water partition coefficient (Wildman–Crippen LogP) is 2.58. The third kappa shape index (κ3) is 1.90. The van der Waals surface area contributed by atoms with Crippen LogP contribution < -0.4 is 4.74 Å². The van der Waals surface area contributed by atoms with Crippen molar-refractivity contribution in [3.05, 3.63) is 29.3 Å². The zero-order chi connectivity index (χ0) is 11.7. The van der Waals surface area contributed by atoms with E-state index in [9.17, 15) is 9.90 Å². The summed E-state index contributed by atoms with van der Waals surface area (Å²) in [6.45, 7) is 1.94. The second-order valence-corrected chi connectivity index (χ2v) is 4.34. The minimum Gasteiger partial charge on any atom is -0.496 e. The maximum atomic E-state index is 11.3. The van der Waals surface area contributed by atoms with Gasteiger partial charge in [0.1, 0.15) is 5.75 Å². The van der Waals surface area contributed by atoms with Gasteiger partial charge in [0.2, 0.25) is 0 Å². The molecule has 3 nitrogen and oxygen atoms in total. The first-order valence-electron chi connectivity index (χ1n) is 5.51. The summed E-state index contributed by atoms with van der Waals surface area (Å²) in [6, 6.07) is 5.67. The van der Waals surface area contributed by atoms with Crippen molar-refractivity contribution in [2.45, 2.75) is 25.7 Å². The molecule has 1 aliphatic carbocycles. The molecule has 0 radical (unpaired) electrons. The van der Waals surface area contributed by atoms with E-state index in [2.05, 4.69) is 0 Å². The lowest BCUT2D eigenvalue weighted by Gasteiger charge is -2.17. The fraction of sp³-hybridized carbons (Fsp3) is 0.462. The zero-order valence-corrected chi connectivity index (χ0v) is 9.56. The van der Waals surface area contributed by atoms with Crippen LogP contribution in [0.5, 0.6) is 5.75 Å². The minimum atomic E-state index is -0.741. The van der Waals surface area contributed by atoms with Crippen LogP contribution in [0.4, 0.5) is 0 Å². The molecule has 16 heavy (non-hydrogen) atoms. The predicted molar refractivity (Wildman–Crippen MR) is 60.8 cm³/mol. The Bertz CT molecular complexity index is 408. The first-order valence-corrected chi connectivity index (χ1v) is 5.51.